The molecule has 26 heavy (non-hydrogen) atoms. The highest BCUT2D eigenvalue weighted by Crippen LogP contribution is 2.30. The van der Waals surface area contributed by atoms with Crippen molar-refractivity contribution in [2.45, 2.75) is 20.0 Å². The summed E-state index contributed by atoms with van der Waals surface area (Å²) in [5.41, 5.74) is 4.70. The zero-order valence-corrected chi connectivity index (χ0v) is 16.7. The summed E-state index contributed by atoms with van der Waals surface area (Å²) in [5, 5.41) is 7.64. The minimum atomic E-state index is 0.00485. The summed E-state index contributed by atoms with van der Waals surface area (Å²) in [4.78, 5) is 21.9. The van der Waals surface area contributed by atoms with E-state index >= 15 is 0 Å². The molecule has 0 bridgehead atoms. The van der Waals surface area contributed by atoms with Crippen LogP contribution in [0.1, 0.15) is 18.2 Å². The molecule has 1 N–H and O–H groups in total. The summed E-state index contributed by atoms with van der Waals surface area (Å²) in [6, 6.07) is 7.97. The average Bonchev–Trinajstić information content (AvgIpc) is 3.22. The summed E-state index contributed by atoms with van der Waals surface area (Å²) >= 11 is 8.17. The Labute approximate surface area is 168 Å². The van der Waals surface area contributed by atoms with E-state index in [1.807, 2.05) is 36.7 Å². The topological polar surface area (TPSA) is 75.9 Å². The van der Waals surface area contributed by atoms with E-state index in [0.717, 1.165) is 28.1 Å². The number of hydrogen-bond donors (Lipinski definition) is 1. The van der Waals surface area contributed by atoms with Crippen molar-refractivity contribution in [3.05, 3.63) is 53.2 Å². The van der Waals surface area contributed by atoms with Gasteiger partial charge in [0.25, 0.3) is 0 Å². The largest absolute Gasteiger partial charge is 0.340 e. The molecule has 0 spiro atoms. The maximum atomic E-state index is 11.7. The summed E-state index contributed by atoms with van der Waals surface area (Å²) in [7, 11) is 0. The van der Waals surface area contributed by atoms with Crippen molar-refractivity contribution in [2.24, 2.45) is 0 Å². The molecular formula is C17H14ClIN6O. The van der Waals surface area contributed by atoms with Crippen molar-refractivity contribution in [1.29, 1.82) is 0 Å². The van der Waals surface area contributed by atoms with Crippen molar-refractivity contribution in [2.75, 3.05) is 5.32 Å². The van der Waals surface area contributed by atoms with E-state index in [9.17, 15) is 4.79 Å². The highest BCUT2D eigenvalue weighted by atomic mass is 127. The number of carbonyl (C=O) groups is 1. The Morgan fingerprint density at radius 1 is 1.19 bits per heavy atom. The molecule has 0 aliphatic carbocycles. The second-order valence-corrected chi connectivity index (χ2v) is 7.29. The molecule has 7 nitrogen and oxygen atoms in total. The van der Waals surface area contributed by atoms with Crippen LogP contribution in [0.25, 0.3) is 11.1 Å². The summed E-state index contributed by atoms with van der Waals surface area (Å²) < 4.78 is 1.74. The van der Waals surface area contributed by atoms with Gasteiger partial charge in [0.1, 0.15) is 5.82 Å². The van der Waals surface area contributed by atoms with Gasteiger partial charge in [-0.25, -0.2) is 12.9 Å². The molecule has 1 aliphatic rings. The van der Waals surface area contributed by atoms with Crippen molar-refractivity contribution >= 4 is 51.9 Å². The number of hydrogen-bond acceptors (Lipinski definition) is 5. The van der Waals surface area contributed by atoms with Crippen LogP contribution in [0.3, 0.4) is 0 Å². The molecule has 9 heteroatoms. The van der Waals surface area contributed by atoms with Gasteiger partial charge in [0.15, 0.2) is 0 Å². The Morgan fingerprint density at radius 2 is 1.96 bits per heavy atom. The van der Waals surface area contributed by atoms with E-state index in [0.29, 0.717) is 18.9 Å². The van der Waals surface area contributed by atoms with Crippen molar-refractivity contribution in [1.82, 2.24) is 22.9 Å². The quantitative estimate of drug-likeness (QED) is 0.456. The monoisotopic (exact) mass is 480 g/mol. The van der Waals surface area contributed by atoms with Gasteiger partial charge in [-0.1, -0.05) is 12.1 Å². The van der Waals surface area contributed by atoms with Gasteiger partial charge in [0.05, 0.1) is 47.8 Å². The number of fused-ring (bicyclic) bond motifs is 1. The van der Waals surface area contributed by atoms with Gasteiger partial charge in [-0.05, 0) is 29.3 Å². The third-order valence-electron chi connectivity index (χ3n) is 4.23. The Morgan fingerprint density at radius 3 is 2.62 bits per heavy atom. The van der Waals surface area contributed by atoms with E-state index in [1.54, 1.807) is 14.7 Å². The van der Waals surface area contributed by atoms with Crippen LogP contribution in [-0.4, -0.2) is 28.8 Å². The number of carbonyl (C=O) groups excluding carboxylic acids is 1. The highest BCUT2D eigenvalue weighted by Gasteiger charge is 2.26. The van der Waals surface area contributed by atoms with Crippen LogP contribution in [0.15, 0.2) is 36.7 Å². The van der Waals surface area contributed by atoms with Crippen LogP contribution in [-0.2, 0) is 17.9 Å². The van der Waals surface area contributed by atoms with Gasteiger partial charge in [-0.15, -0.1) is 0 Å². The number of anilines is 2. The molecule has 1 amide bonds. The SMILES string of the molecule is CC(=O)N1Cc2nc(Cl)nc(Nc3ccc(-c4cnn(I)c4)cc3)c2C1. The van der Waals surface area contributed by atoms with Gasteiger partial charge in [0.2, 0.25) is 11.2 Å². The lowest BCUT2D eigenvalue weighted by molar-refractivity contribution is -0.129. The number of rotatable bonds is 3. The van der Waals surface area contributed by atoms with Crippen LogP contribution in [0.5, 0.6) is 0 Å². The Kier molecular flexibility index (Phi) is 4.53. The normalized spacial score (nSPS) is 13.0. The molecule has 0 saturated carbocycles. The maximum Gasteiger partial charge on any atom is 0.224 e. The molecule has 132 valence electrons. The second kappa shape index (κ2) is 6.84. The van der Waals surface area contributed by atoms with E-state index in [4.69, 9.17) is 11.6 Å². The lowest BCUT2D eigenvalue weighted by Gasteiger charge is -2.12. The number of benzene rings is 1. The molecule has 2 aromatic heterocycles. The van der Waals surface area contributed by atoms with Gasteiger partial charge in [0, 0.05) is 29.9 Å². The zero-order valence-electron chi connectivity index (χ0n) is 13.8. The van der Waals surface area contributed by atoms with Crippen molar-refractivity contribution in [3.63, 3.8) is 0 Å². The molecule has 0 unspecified atom stereocenters. The zero-order chi connectivity index (χ0) is 18.3. The fourth-order valence-electron chi connectivity index (χ4n) is 2.88. The molecule has 0 saturated heterocycles. The molecular weight excluding hydrogens is 467 g/mol. The maximum absolute atomic E-state index is 11.7. The number of nitrogens with zero attached hydrogens (tertiary/aromatic N) is 5. The predicted octanol–water partition coefficient (Wildman–Crippen LogP) is 3.80. The van der Waals surface area contributed by atoms with Crippen LogP contribution in [0, 0.1) is 0 Å². The van der Waals surface area contributed by atoms with E-state index in [2.05, 4.69) is 43.2 Å². The first-order valence-corrected chi connectivity index (χ1v) is 9.23. The fourth-order valence-corrected chi connectivity index (χ4v) is 3.49. The van der Waals surface area contributed by atoms with E-state index in [1.165, 1.54) is 0 Å². The van der Waals surface area contributed by atoms with Crippen molar-refractivity contribution < 1.29 is 4.79 Å². The average molecular weight is 481 g/mol. The fraction of sp³-hybridized carbons (Fsp3) is 0.176. The van der Waals surface area contributed by atoms with E-state index < -0.39 is 0 Å². The van der Waals surface area contributed by atoms with E-state index in [-0.39, 0.29) is 11.2 Å². The van der Waals surface area contributed by atoms with Gasteiger partial charge < -0.3 is 10.2 Å². The van der Waals surface area contributed by atoms with Crippen LogP contribution in [0.4, 0.5) is 11.5 Å². The minimum Gasteiger partial charge on any atom is -0.340 e. The first kappa shape index (κ1) is 17.2. The summed E-state index contributed by atoms with van der Waals surface area (Å²) in [6.07, 6.45) is 3.78. The smallest absolute Gasteiger partial charge is 0.224 e. The van der Waals surface area contributed by atoms with Crippen LogP contribution in [0.2, 0.25) is 5.28 Å². The molecule has 1 aliphatic heterocycles. The second-order valence-electron chi connectivity index (χ2n) is 5.96. The van der Waals surface area contributed by atoms with Crippen molar-refractivity contribution in [3.8, 4) is 11.1 Å². The van der Waals surface area contributed by atoms with Crippen LogP contribution >= 0.6 is 34.5 Å². The lowest BCUT2D eigenvalue weighted by Crippen LogP contribution is -2.21. The summed E-state index contributed by atoms with van der Waals surface area (Å²) in [6.45, 7) is 2.49. The standard InChI is InChI=1S/C17H14ClIN6O/c1-10(26)24-8-14-15(9-24)22-17(18)23-16(14)21-13-4-2-11(3-5-13)12-6-20-25(19)7-12/h2-7H,8-9H2,1H3,(H,21,22,23). The first-order chi connectivity index (χ1) is 12.5. The van der Waals surface area contributed by atoms with Gasteiger partial charge in [-0.2, -0.15) is 5.10 Å². The minimum absolute atomic E-state index is 0.00485. The third-order valence-corrected chi connectivity index (χ3v) is 4.93. The Bertz CT molecular complexity index is 987. The molecule has 1 aromatic carbocycles. The highest BCUT2D eigenvalue weighted by molar-refractivity contribution is 14.1. The molecule has 3 aromatic rings. The Balaban J connectivity index is 1.59. The predicted molar refractivity (Wildman–Crippen MR) is 107 cm³/mol. The number of halogens is 2. The molecule has 4 rings (SSSR count). The lowest BCUT2D eigenvalue weighted by atomic mass is 10.1. The van der Waals surface area contributed by atoms with Gasteiger partial charge in [-0.3, -0.25) is 4.79 Å². The third kappa shape index (κ3) is 3.38. The molecule has 3 heterocycles. The number of amides is 1. The Hall–Kier alpha value is -2.20. The summed E-state index contributed by atoms with van der Waals surface area (Å²) in [5.74, 6) is 0.641. The number of aromatic nitrogens is 4. The van der Waals surface area contributed by atoms with Crippen LogP contribution < -0.4 is 5.32 Å². The number of nitrogens with one attached hydrogen (secondary N) is 1. The molecule has 0 radical (unpaired) electrons. The first-order valence-electron chi connectivity index (χ1n) is 7.88. The van der Waals surface area contributed by atoms with Gasteiger partial charge >= 0.3 is 0 Å². The molecule has 0 fully saturated rings. The molecule has 0 atom stereocenters.